The van der Waals surface area contributed by atoms with Crippen molar-refractivity contribution in [3.05, 3.63) is 47.0 Å². The lowest BCUT2D eigenvalue weighted by Crippen LogP contribution is -2.01. The third kappa shape index (κ3) is 3.08. The molecule has 0 unspecified atom stereocenters. The zero-order valence-corrected chi connectivity index (χ0v) is 11.2. The van der Waals surface area contributed by atoms with Crippen LogP contribution in [0, 0.1) is 19.7 Å². The Morgan fingerprint density at radius 3 is 2.47 bits per heavy atom. The summed E-state index contributed by atoms with van der Waals surface area (Å²) in [6.07, 6.45) is 0. The van der Waals surface area contributed by atoms with E-state index in [2.05, 4.69) is 9.97 Å². The molecular formula is C13H11FN2O2S. The Balaban J connectivity index is 2.45. The van der Waals surface area contributed by atoms with E-state index < -0.39 is 11.8 Å². The number of aromatic nitrogens is 2. The third-order valence-corrected chi connectivity index (χ3v) is 3.34. The van der Waals surface area contributed by atoms with E-state index in [4.69, 9.17) is 5.11 Å². The van der Waals surface area contributed by atoms with E-state index in [1.165, 1.54) is 18.2 Å². The summed E-state index contributed by atoms with van der Waals surface area (Å²) < 4.78 is 13.8. The second-order valence-corrected chi connectivity index (χ2v) is 4.93. The standard InChI is InChI=1S/C13H11FN2O2S/c1-7-6-8(2)16-13(15-7)19-11-9(12(17)18)4-3-5-10(11)14/h3-6H,1-2H3,(H,17,18). The van der Waals surface area contributed by atoms with Crippen LogP contribution in [-0.2, 0) is 0 Å². The number of aromatic carboxylic acids is 1. The minimum absolute atomic E-state index is 0.0278. The van der Waals surface area contributed by atoms with E-state index in [0.717, 1.165) is 23.1 Å². The number of rotatable bonds is 3. The number of nitrogens with zero attached hydrogens (tertiary/aromatic N) is 2. The average Bonchev–Trinajstić information content (AvgIpc) is 2.30. The van der Waals surface area contributed by atoms with E-state index in [1.54, 1.807) is 19.9 Å². The number of benzene rings is 1. The van der Waals surface area contributed by atoms with Crippen LogP contribution in [0.4, 0.5) is 4.39 Å². The molecule has 0 spiro atoms. The smallest absolute Gasteiger partial charge is 0.336 e. The molecule has 0 fully saturated rings. The van der Waals surface area contributed by atoms with Gasteiger partial charge in [-0.15, -0.1) is 0 Å². The first-order valence-electron chi connectivity index (χ1n) is 5.49. The fraction of sp³-hybridized carbons (Fsp3) is 0.154. The summed E-state index contributed by atoms with van der Waals surface area (Å²) in [5.41, 5.74) is 1.42. The van der Waals surface area contributed by atoms with Crippen molar-refractivity contribution in [3.8, 4) is 0 Å². The highest BCUT2D eigenvalue weighted by molar-refractivity contribution is 7.99. The molecule has 19 heavy (non-hydrogen) atoms. The molecule has 0 aliphatic rings. The highest BCUT2D eigenvalue weighted by Crippen LogP contribution is 2.30. The minimum Gasteiger partial charge on any atom is -0.478 e. The summed E-state index contributed by atoms with van der Waals surface area (Å²) in [6, 6.07) is 5.74. The predicted molar refractivity (Wildman–Crippen MR) is 69.0 cm³/mol. The Morgan fingerprint density at radius 1 is 1.26 bits per heavy atom. The van der Waals surface area contributed by atoms with Crippen molar-refractivity contribution in [2.75, 3.05) is 0 Å². The predicted octanol–water partition coefficient (Wildman–Crippen LogP) is 3.08. The topological polar surface area (TPSA) is 63.1 Å². The molecule has 0 aliphatic carbocycles. The highest BCUT2D eigenvalue weighted by atomic mass is 32.2. The molecule has 0 atom stereocenters. The second kappa shape index (κ2) is 5.36. The van der Waals surface area contributed by atoms with Crippen LogP contribution < -0.4 is 0 Å². The molecule has 2 rings (SSSR count). The Kier molecular flexibility index (Phi) is 3.80. The van der Waals surface area contributed by atoms with E-state index in [9.17, 15) is 9.18 Å². The van der Waals surface area contributed by atoms with Crippen molar-refractivity contribution >= 4 is 17.7 Å². The molecule has 4 nitrogen and oxygen atoms in total. The SMILES string of the molecule is Cc1cc(C)nc(Sc2c(F)cccc2C(=O)O)n1. The first-order valence-corrected chi connectivity index (χ1v) is 6.31. The van der Waals surface area contributed by atoms with Crippen LogP contribution in [-0.4, -0.2) is 21.0 Å². The van der Waals surface area contributed by atoms with E-state index in [1.807, 2.05) is 0 Å². The van der Waals surface area contributed by atoms with Crippen LogP contribution in [0.25, 0.3) is 0 Å². The van der Waals surface area contributed by atoms with Gasteiger partial charge in [0.05, 0.1) is 10.5 Å². The second-order valence-electron chi connectivity index (χ2n) is 3.96. The molecule has 0 saturated heterocycles. The van der Waals surface area contributed by atoms with Gasteiger partial charge in [0.15, 0.2) is 5.16 Å². The summed E-state index contributed by atoms with van der Waals surface area (Å²) >= 11 is 0.919. The van der Waals surface area contributed by atoms with E-state index >= 15 is 0 Å². The zero-order chi connectivity index (χ0) is 14.0. The summed E-state index contributed by atoms with van der Waals surface area (Å²) in [4.78, 5) is 19.4. The van der Waals surface area contributed by atoms with Crippen molar-refractivity contribution in [2.45, 2.75) is 23.9 Å². The first-order chi connectivity index (χ1) is 8.97. The molecule has 0 amide bonds. The monoisotopic (exact) mass is 278 g/mol. The zero-order valence-electron chi connectivity index (χ0n) is 10.3. The molecule has 1 heterocycles. The van der Waals surface area contributed by atoms with Crippen LogP contribution in [0.5, 0.6) is 0 Å². The van der Waals surface area contributed by atoms with E-state index in [-0.39, 0.29) is 10.5 Å². The summed E-state index contributed by atoms with van der Waals surface area (Å²) in [5, 5.41) is 9.39. The molecule has 2 aromatic rings. The van der Waals surface area contributed by atoms with Gasteiger partial charge in [-0.3, -0.25) is 0 Å². The van der Waals surface area contributed by atoms with Gasteiger partial charge in [0, 0.05) is 11.4 Å². The molecular weight excluding hydrogens is 267 g/mol. The lowest BCUT2D eigenvalue weighted by Gasteiger charge is -2.07. The molecule has 0 bridgehead atoms. The van der Waals surface area contributed by atoms with Crippen LogP contribution in [0.15, 0.2) is 34.3 Å². The molecule has 0 aliphatic heterocycles. The normalized spacial score (nSPS) is 10.5. The van der Waals surface area contributed by atoms with Crippen LogP contribution >= 0.6 is 11.8 Å². The van der Waals surface area contributed by atoms with Crippen molar-refractivity contribution in [1.29, 1.82) is 0 Å². The van der Waals surface area contributed by atoms with Gasteiger partial charge in [-0.2, -0.15) is 0 Å². The number of carboxylic acid groups (broad SMARTS) is 1. The molecule has 0 radical (unpaired) electrons. The van der Waals surface area contributed by atoms with Gasteiger partial charge in [-0.1, -0.05) is 6.07 Å². The van der Waals surface area contributed by atoms with Gasteiger partial charge in [0.2, 0.25) is 0 Å². The fourth-order valence-corrected chi connectivity index (χ4v) is 2.60. The van der Waals surface area contributed by atoms with Crippen molar-refractivity contribution in [3.63, 3.8) is 0 Å². The Morgan fingerprint density at radius 2 is 1.89 bits per heavy atom. The van der Waals surface area contributed by atoms with E-state index in [0.29, 0.717) is 5.16 Å². The largest absolute Gasteiger partial charge is 0.478 e. The molecule has 1 N–H and O–H groups in total. The summed E-state index contributed by atoms with van der Waals surface area (Å²) in [7, 11) is 0. The maximum absolute atomic E-state index is 13.8. The Hall–Kier alpha value is -1.95. The number of carboxylic acids is 1. The number of hydrogen-bond acceptors (Lipinski definition) is 4. The highest BCUT2D eigenvalue weighted by Gasteiger charge is 2.16. The molecule has 98 valence electrons. The van der Waals surface area contributed by atoms with Gasteiger partial charge in [0.1, 0.15) is 5.82 Å². The number of halogens is 1. The fourth-order valence-electron chi connectivity index (χ4n) is 1.61. The number of carbonyl (C=O) groups is 1. The molecule has 6 heteroatoms. The van der Waals surface area contributed by atoms with Gasteiger partial charge in [-0.25, -0.2) is 19.2 Å². The summed E-state index contributed by atoms with van der Waals surface area (Å²) in [6.45, 7) is 3.61. The lowest BCUT2D eigenvalue weighted by atomic mass is 10.2. The third-order valence-electron chi connectivity index (χ3n) is 2.35. The maximum atomic E-state index is 13.8. The van der Waals surface area contributed by atoms with Crippen molar-refractivity contribution in [1.82, 2.24) is 9.97 Å². The van der Waals surface area contributed by atoms with Crippen LogP contribution in [0.2, 0.25) is 0 Å². The van der Waals surface area contributed by atoms with Crippen molar-refractivity contribution < 1.29 is 14.3 Å². The lowest BCUT2D eigenvalue weighted by molar-refractivity contribution is 0.0692. The summed E-state index contributed by atoms with van der Waals surface area (Å²) in [5.74, 6) is -1.76. The van der Waals surface area contributed by atoms with Crippen LogP contribution in [0.1, 0.15) is 21.7 Å². The minimum atomic E-state index is -1.17. The average molecular weight is 278 g/mol. The molecule has 1 aromatic carbocycles. The van der Waals surface area contributed by atoms with Gasteiger partial charge < -0.3 is 5.11 Å². The Labute approximate surface area is 113 Å². The van der Waals surface area contributed by atoms with Gasteiger partial charge in [-0.05, 0) is 43.8 Å². The number of hydrogen-bond donors (Lipinski definition) is 1. The van der Waals surface area contributed by atoms with Crippen molar-refractivity contribution in [2.24, 2.45) is 0 Å². The van der Waals surface area contributed by atoms with Gasteiger partial charge in [0.25, 0.3) is 0 Å². The van der Waals surface area contributed by atoms with Crippen LogP contribution in [0.3, 0.4) is 0 Å². The molecule has 0 saturated carbocycles. The molecule has 1 aromatic heterocycles. The Bertz CT molecular complexity index is 626. The maximum Gasteiger partial charge on any atom is 0.336 e. The quantitative estimate of drug-likeness (QED) is 0.874. The number of aryl methyl sites for hydroxylation is 2. The first kappa shape index (κ1) is 13.5. The van der Waals surface area contributed by atoms with Gasteiger partial charge >= 0.3 is 5.97 Å².